The van der Waals surface area contributed by atoms with Crippen LogP contribution in [0.1, 0.15) is 0 Å². The Labute approximate surface area is 120 Å². The van der Waals surface area contributed by atoms with Crippen LogP contribution in [0.25, 0.3) is 11.3 Å². The molecule has 0 radical (unpaired) electrons. The third-order valence-electron chi connectivity index (χ3n) is 2.69. The predicted octanol–water partition coefficient (Wildman–Crippen LogP) is 2.74. The van der Waals surface area contributed by atoms with E-state index in [-0.39, 0.29) is 0 Å². The molecule has 0 aliphatic carbocycles. The van der Waals surface area contributed by atoms with Gasteiger partial charge < -0.3 is 10.2 Å². The van der Waals surface area contributed by atoms with Gasteiger partial charge in [0.05, 0.1) is 6.20 Å². The first kappa shape index (κ1) is 12.6. The standard InChI is InChI=1S/C13H14N6S/c1-19(2)12-11(9-7-15-16-8-9)18-13(20-12)17-10-5-3-4-6-14-10/h3-8H,1-2H3,(H,15,16)(H,14,17,18). The van der Waals surface area contributed by atoms with Crippen LogP contribution in [-0.4, -0.2) is 34.3 Å². The maximum absolute atomic E-state index is 4.63. The molecule has 3 rings (SSSR count). The Morgan fingerprint density at radius 2 is 2.20 bits per heavy atom. The van der Waals surface area contributed by atoms with Gasteiger partial charge in [-0.2, -0.15) is 5.10 Å². The van der Waals surface area contributed by atoms with Gasteiger partial charge in [-0.3, -0.25) is 5.10 Å². The molecule has 0 fully saturated rings. The zero-order valence-corrected chi connectivity index (χ0v) is 12.0. The zero-order chi connectivity index (χ0) is 13.9. The smallest absolute Gasteiger partial charge is 0.190 e. The SMILES string of the molecule is CN(C)c1sc(Nc2ccccn2)nc1-c1cn[nH]c1. The maximum Gasteiger partial charge on any atom is 0.190 e. The molecule has 3 heterocycles. The lowest BCUT2D eigenvalue weighted by Gasteiger charge is -2.09. The highest BCUT2D eigenvalue weighted by Crippen LogP contribution is 2.37. The Balaban J connectivity index is 1.96. The van der Waals surface area contributed by atoms with Gasteiger partial charge in [0.25, 0.3) is 0 Å². The van der Waals surface area contributed by atoms with Gasteiger partial charge in [0.2, 0.25) is 0 Å². The third kappa shape index (κ3) is 2.48. The number of hydrogen-bond acceptors (Lipinski definition) is 6. The average molecular weight is 286 g/mol. The van der Waals surface area contributed by atoms with E-state index in [2.05, 4.69) is 25.5 Å². The van der Waals surface area contributed by atoms with Gasteiger partial charge in [0.1, 0.15) is 16.5 Å². The largest absolute Gasteiger partial charge is 0.368 e. The number of H-pyrrole nitrogens is 1. The molecule has 0 spiro atoms. The lowest BCUT2D eigenvalue weighted by atomic mass is 10.3. The number of nitrogens with one attached hydrogen (secondary N) is 2. The fraction of sp³-hybridized carbons (Fsp3) is 0.154. The monoisotopic (exact) mass is 286 g/mol. The number of aromatic amines is 1. The fourth-order valence-corrected chi connectivity index (χ4v) is 2.70. The van der Waals surface area contributed by atoms with Crippen LogP contribution in [-0.2, 0) is 0 Å². The van der Waals surface area contributed by atoms with Crippen molar-refractivity contribution in [3.05, 3.63) is 36.8 Å². The molecule has 0 amide bonds. The molecule has 0 aliphatic rings. The van der Waals surface area contributed by atoms with E-state index in [1.54, 1.807) is 23.7 Å². The molecule has 0 aromatic carbocycles. The lowest BCUT2D eigenvalue weighted by Crippen LogP contribution is -2.07. The van der Waals surface area contributed by atoms with E-state index in [0.29, 0.717) is 0 Å². The highest BCUT2D eigenvalue weighted by atomic mass is 32.1. The summed E-state index contributed by atoms with van der Waals surface area (Å²) in [5.41, 5.74) is 1.88. The third-order valence-corrected chi connectivity index (χ3v) is 3.83. The molecule has 0 aliphatic heterocycles. The Bertz CT molecular complexity index is 674. The first-order chi connectivity index (χ1) is 9.74. The summed E-state index contributed by atoms with van der Waals surface area (Å²) in [7, 11) is 4.00. The van der Waals surface area contributed by atoms with Crippen molar-refractivity contribution in [2.45, 2.75) is 0 Å². The van der Waals surface area contributed by atoms with Gasteiger partial charge in [-0.25, -0.2) is 9.97 Å². The van der Waals surface area contributed by atoms with Gasteiger partial charge >= 0.3 is 0 Å². The van der Waals surface area contributed by atoms with E-state index in [4.69, 9.17) is 0 Å². The molecule has 0 saturated heterocycles. The molecule has 3 aromatic heterocycles. The van der Waals surface area contributed by atoms with Crippen LogP contribution in [0.5, 0.6) is 0 Å². The summed E-state index contributed by atoms with van der Waals surface area (Å²) < 4.78 is 0. The molecule has 0 unspecified atom stereocenters. The van der Waals surface area contributed by atoms with E-state index in [1.165, 1.54) is 0 Å². The molecule has 102 valence electrons. The molecule has 3 aromatic rings. The normalized spacial score (nSPS) is 10.5. The van der Waals surface area contributed by atoms with Crippen LogP contribution >= 0.6 is 11.3 Å². The zero-order valence-electron chi connectivity index (χ0n) is 11.2. The number of rotatable bonds is 4. The van der Waals surface area contributed by atoms with Crippen LogP contribution in [0, 0.1) is 0 Å². The van der Waals surface area contributed by atoms with Crippen LogP contribution in [0.4, 0.5) is 16.0 Å². The van der Waals surface area contributed by atoms with Crippen LogP contribution in [0.3, 0.4) is 0 Å². The van der Waals surface area contributed by atoms with Crippen molar-refractivity contribution in [2.75, 3.05) is 24.3 Å². The molecule has 0 saturated carbocycles. The second-order valence-electron chi connectivity index (χ2n) is 4.39. The number of thiazole rings is 1. The van der Waals surface area contributed by atoms with E-state index in [0.717, 1.165) is 27.2 Å². The minimum Gasteiger partial charge on any atom is -0.368 e. The lowest BCUT2D eigenvalue weighted by molar-refractivity contribution is 1.09. The second-order valence-corrected chi connectivity index (χ2v) is 5.37. The summed E-state index contributed by atoms with van der Waals surface area (Å²) in [6.45, 7) is 0. The highest BCUT2D eigenvalue weighted by molar-refractivity contribution is 7.20. The Kier molecular flexibility index (Phi) is 3.34. The molecule has 0 bridgehead atoms. The number of aromatic nitrogens is 4. The van der Waals surface area contributed by atoms with Crippen LogP contribution in [0.15, 0.2) is 36.8 Å². The summed E-state index contributed by atoms with van der Waals surface area (Å²) in [5.74, 6) is 0.783. The Morgan fingerprint density at radius 3 is 2.85 bits per heavy atom. The summed E-state index contributed by atoms with van der Waals surface area (Å²) in [6.07, 6.45) is 5.36. The van der Waals surface area contributed by atoms with E-state index in [9.17, 15) is 0 Å². The van der Waals surface area contributed by atoms with Gasteiger partial charge in [0.15, 0.2) is 5.13 Å². The van der Waals surface area contributed by atoms with Crippen molar-refractivity contribution in [3.63, 3.8) is 0 Å². The van der Waals surface area contributed by atoms with Crippen LogP contribution in [0.2, 0.25) is 0 Å². The van der Waals surface area contributed by atoms with Crippen molar-refractivity contribution in [3.8, 4) is 11.3 Å². The highest BCUT2D eigenvalue weighted by Gasteiger charge is 2.15. The Morgan fingerprint density at radius 1 is 1.30 bits per heavy atom. The topological polar surface area (TPSA) is 69.7 Å². The van der Waals surface area contributed by atoms with Crippen molar-refractivity contribution in [1.82, 2.24) is 20.2 Å². The van der Waals surface area contributed by atoms with Gasteiger partial charge in [-0.1, -0.05) is 17.4 Å². The minimum absolute atomic E-state index is 0.783. The molecular formula is C13H14N6S. The number of pyridine rings is 1. The van der Waals surface area contributed by atoms with Crippen LogP contribution < -0.4 is 10.2 Å². The summed E-state index contributed by atoms with van der Waals surface area (Å²) >= 11 is 1.58. The number of anilines is 3. The maximum atomic E-state index is 4.63. The quantitative estimate of drug-likeness (QED) is 0.771. The van der Waals surface area contributed by atoms with Crippen molar-refractivity contribution >= 4 is 27.3 Å². The van der Waals surface area contributed by atoms with Gasteiger partial charge in [-0.05, 0) is 12.1 Å². The van der Waals surface area contributed by atoms with Crippen molar-refractivity contribution in [2.24, 2.45) is 0 Å². The second kappa shape index (κ2) is 5.30. The van der Waals surface area contributed by atoms with Gasteiger partial charge in [0, 0.05) is 32.1 Å². The summed E-state index contributed by atoms with van der Waals surface area (Å²) in [6, 6.07) is 5.73. The molecule has 2 N–H and O–H groups in total. The first-order valence-electron chi connectivity index (χ1n) is 6.09. The molecule has 20 heavy (non-hydrogen) atoms. The number of hydrogen-bond donors (Lipinski definition) is 2. The average Bonchev–Trinajstić information content (AvgIpc) is 3.08. The summed E-state index contributed by atoms with van der Waals surface area (Å²) in [5, 5.41) is 11.9. The van der Waals surface area contributed by atoms with Crippen molar-refractivity contribution in [1.29, 1.82) is 0 Å². The fourth-order valence-electron chi connectivity index (χ4n) is 1.78. The summed E-state index contributed by atoms with van der Waals surface area (Å²) in [4.78, 5) is 10.9. The van der Waals surface area contributed by atoms with E-state index in [1.807, 2.05) is 43.4 Å². The molecule has 7 heteroatoms. The molecular weight excluding hydrogens is 272 g/mol. The van der Waals surface area contributed by atoms with E-state index >= 15 is 0 Å². The van der Waals surface area contributed by atoms with E-state index < -0.39 is 0 Å². The predicted molar refractivity (Wildman–Crippen MR) is 81.5 cm³/mol. The number of nitrogens with zero attached hydrogens (tertiary/aromatic N) is 4. The van der Waals surface area contributed by atoms with Gasteiger partial charge in [-0.15, -0.1) is 0 Å². The minimum atomic E-state index is 0.783. The molecule has 6 nitrogen and oxygen atoms in total. The Hall–Kier alpha value is -2.41. The first-order valence-corrected chi connectivity index (χ1v) is 6.91. The van der Waals surface area contributed by atoms with Crippen molar-refractivity contribution < 1.29 is 0 Å². The molecule has 0 atom stereocenters.